The molecule has 0 bridgehead atoms. The van der Waals surface area contributed by atoms with Crippen LogP contribution in [-0.4, -0.2) is 73.4 Å². The molecule has 0 saturated heterocycles. The van der Waals surface area contributed by atoms with Gasteiger partial charge in [0.15, 0.2) is 0 Å². The number of rotatable bonds is 38. The van der Waals surface area contributed by atoms with Crippen molar-refractivity contribution in [2.75, 3.05) is 40.9 Å². The topological polar surface area (TPSA) is 105 Å². The van der Waals surface area contributed by atoms with Gasteiger partial charge in [0.25, 0.3) is 0 Å². The van der Waals surface area contributed by atoms with Crippen LogP contribution in [0.5, 0.6) is 0 Å². The van der Waals surface area contributed by atoms with Crippen LogP contribution >= 0.6 is 7.82 Å². The summed E-state index contributed by atoms with van der Waals surface area (Å²) in [4.78, 5) is 23.0. The number of phosphoric ester groups is 1. The van der Waals surface area contributed by atoms with Gasteiger partial charge in [-0.2, -0.15) is 0 Å². The van der Waals surface area contributed by atoms with Gasteiger partial charge in [0, 0.05) is 6.42 Å². The summed E-state index contributed by atoms with van der Waals surface area (Å²) in [5.41, 5.74) is 0. The standard InChI is InChI=1S/C43H83N2O6P/c1-6-8-10-12-14-16-18-19-20-21-22-23-24-25-27-29-31-33-35-37-43(47)44-41(40-51-52(48,49)50-39-38-45(3,4)5)42(46)36-34-32-30-28-26-17-15-13-11-9-7-2/h19-20,26,28,34,36,41-42,46H,6-18,21-25,27,29-33,35,37-40H2,1-5H3,(H-,44,47,48,49)/p+1/b20-19-,28-26+,36-34+. The van der Waals surface area contributed by atoms with Crippen molar-refractivity contribution < 1.29 is 32.9 Å². The monoisotopic (exact) mass is 756 g/mol. The Bertz CT molecular complexity index is 948. The van der Waals surface area contributed by atoms with Gasteiger partial charge in [-0.3, -0.25) is 13.8 Å². The number of amides is 1. The maximum atomic E-state index is 12.8. The van der Waals surface area contributed by atoms with E-state index in [0.29, 0.717) is 17.4 Å². The normalized spacial score (nSPS) is 14.8. The summed E-state index contributed by atoms with van der Waals surface area (Å²) < 4.78 is 23.5. The van der Waals surface area contributed by atoms with Crippen molar-refractivity contribution in [1.29, 1.82) is 0 Å². The predicted molar refractivity (Wildman–Crippen MR) is 221 cm³/mol. The third-order valence-electron chi connectivity index (χ3n) is 9.33. The highest BCUT2D eigenvalue weighted by Crippen LogP contribution is 2.43. The lowest BCUT2D eigenvalue weighted by Crippen LogP contribution is -2.45. The number of unbranched alkanes of at least 4 members (excludes halogenated alkanes) is 21. The lowest BCUT2D eigenvalue weighted by atomic mass is 10.0. The van der Waals surface area contributed by atoms with Crippen molar-refractivity contribution >= 4 is 13.7 Å². The van der Waals surface area contributed by atoms with Crippen LogP contribution in [0.25, 0.3) is 0 Å². The second kappa shape index (κ2) is 35.4. The van der Waals surface area contributed by atoms with Crippen LogP contribution in [0.1, 0.15) is 181 Å². The highest BCUT2D eigenvalue weighted by molar-refractivity contribution is 7.47. The lowest BCUT2D eigenvalue weighted by Gasteiger charge is -2.25. The predicted octanol–water partition coefficient (Wildman–Crippen LogP) is 11.5. The van der Waals surface area contributed by atoms with Crippen LogP contribution in [0.3, 0.4) is 0 Å². The van der Waals surface area contributed by atoms with Crippen LogP contribution in [-0.2, 0) is 18.4 Å². The Balaban J connectivity index is 4.40. The van der Waals surface area contributed by atoms with E-state index in [0.717, 1.165) is 38.5 Å². The number of likely N-dealkylation sites (N-methyl/N-ethyl adjacent to an activating group) is 1. The minimum Gasteiger partial charge on any atom is -0.387 e. The third-order valence-corrected chi connectivity index (χ3v) is 10.3. The molecule has 0 radical (unpaired) electrons. The Kier molecular flexibility index (Phi) is 34.6. The van der Waals surface area contributed by atoms with Crippen LogP contribution in [0.4, 0.5) is 0 Å². The first-order chi connectivity index (χ1) is 25.0. The van der Waals surface area contributed by atoms with Gasteiger partial charge in [0.05, 0.1) is 39.9 Å². The first-order valence-electron chi connectivity index (χ1n) is 21.4. The van der Waals surface area contributed by atoms with Gasteiger partial charge < -0.3 is 19.8 Å². The van der Waals surface area contributed by atoms with Gasteiger partial charge in [-0.05, 0) is 57.8 Å². The first kappa shape index (κ1) is 50.7. The number of allylic oxidation sites excluding steroid dienone is 5. The first-order valence-corrected chi connectivity index (χ1v) is 22.9. The van der Waals surface area contributed by atoms with Gasteiger partial charge in [-0.25, -0.2) is 4.57 Å². The number of carbonyl (C=O) groups excluding carboxylic acids is 1. The Morgan fingerprint density at radius 2 is 1.06 bits per heavy atom. The molecule has 3 atom stereocenters. The van der Waals surface area contributed by atoms with Crippen LogP contribution in [0, 0.1) is 0 Å². The summed E-state index contributed by atoms with van der Waals surface area (Å²) in [6.07, 6.45) is 42.1. The molecule has 0 aromatic rings. The van der Waals surface area contributed by atoms with Gasteiger partial charge >= 0.3 is 7.82 Å². The minimum absolute atomic E-state index is 0.0556. The largest absolute Gasteiger partial charge is 0.472 e. The van der Waals surface area contributed by atoms with E-state index in [1.54, 1.807) is 6.08 Å². The Morgan fingerprint density at radius 3 is 1.54 bits per heavy atom. The Hall–Kier alpha value is -1.28. The molecule has 3 unspecified atom stereocenters. The molecular weight excluding hydrogens is 671 g/mol. The zero-order valence-corrected chi connectivity index (χ0v) is 35.4. The summed E-state index contributed by atoms with van der Waals surface area (Å²) in [6, 6.07) is -0.860. The van der Waals surface area contributed by atoms with Crippen molar-refractivity contribution in [3.05, 3.63) is 36.5 Å². The average Bonchev–Trinajstić information content (AvgIpc) is 3.09. The molecule has 52 heavy (non-hydrogen) atoms. The molecule has 0 aromatic heterocycles. The van der Waals surface area contributed by atoms with Gasteiger partial charge in [0.1, 0.15) is 13.2 Å². The number of hydrogen-bond donors (Lipinski definition) is 3. The van der Waals surface area contributed by atoms with Gasteiger partial charge in [0.2, 0.25) is 5.91 Å². The Labute approximate surface area is 321 Å². The van der Waals surface area contributed by atoms with E-state index in [1.165, 1.54) is 122 Å². The van der Waals surface area contributed by atoms with Gasteiger partial charge in [-0.15, -0.1) is 0 Å². The number of aliphatic hydroxyl groups is 1. The summed E-state index contributed by atoms with van der Waals surface area (Å²) in [7, 11) is 1.55. The summed E-state index contributed by atoms with van der Waals surface area (Å²) in [5, 5.41) is 13.7. The molecule has 0 fully saturated rings. The Morgan fingerprint density at radius 1 is 0.635 bits per heavy atom. The molecule has 9 heteroatoms. The highest BCUT2D eigenvalue weighted by atomic mass is 31.2. The molecule has 0 aliphatic rings. The molecule has 0 heterocycles. The summed E-state index contributed by atoms with van der Waals surface area (Å²) in [5.74, 6) is -0.192. The molecule has 0 rings (SSSR count). The molecule has 3 N–H and O–H groups in total. The number of carbonyl (C=O) groups is 1. The SMILES string of the molecule is CCCCCCC/C=C/CC/C=C/C(O)C(COP(=O)(O)OCC[N+](C)(C)C)NC(=O)CCCCCCCCCCC/C=C\CCCCCCCC. The fourth-order valence-electron chi connectivity index (χ4n) is 5.87. The number of hydrogen-bond acceptors (Lipinski definition) is 5. The molecule has 0 aliphatic carbocycles. The maximum absolute atomic E-state index is 12.8. The number of aliphatic hydroxyl groups excluding tert-OH is 1. The molecule has 0 aromatic carbocycles. The van der Waals surface area contributed by atoms with E-state index in [-0.39, 0.29) is 19.1 Å². The molecule has 0 saturated carbocycles. The van der Waals surface area contributed by atoms with E-state index in [2.05, 4.69) is 43.5 Å². The van der Waals surface area contributed by atoms with E-state index in [4.69, 9.17) is 9.05 Å². The summed E-state index contributed by atoms with van der Waals surface area (Å²) in [6.45, 7) is 4.75. The van der Waals surface area contributed by atoms with E-state index in [9.17, 15) is 19.4 Å². The third kappa shape index (κ3) is 37.1. The minimum atomic E-state index is -4.34. The number of nitrogens with one attached hydrogen (secondary N) is 1. The molecule has 8 nitrogen and oxygen atoms in total. The van der Waals surface area contributed by atoms with Crippen LogP contribution in [0.15, 0.2) is 36.5 Å². The van der Waals surface area contributed by atoms with Crippen molar-refractivity contribution in [1.82, 2.24) is 5.32 Å². The van der Waals surface area contributed by atoms with Crippen molar-refractivity contribution in [2.45, 2.75) is 193 Å². The second-order valence-electron chi connectivity index (χ2n) is 15.7. The second-order valence-corrected chi connectivity index (χ2v) is 17.2. The molecule has 306 valence electrons. The molecular formula is C43H84N2O6P+. The zero-order chi connectivity index (χ0) is 38.6. The number of nitrogens with zero attached hydrogens (tertiary/aromatic N) is 1. The van der Waals surface area contributed by atoms with Crippen molar-refractivity contribution in [3.63, 3.8) is 0 Å². The smallest absolute Gasteiger partial charge is 0.387 e. The molecule has 1 amide bonds. The zero-order valence-electron chi connectivity index (χ0n) is 34.5. The molecule has 0 spiro atoms. The fourth-order valence-corrected chi connectivity index (χ4v) is 6.61. The van der Waals surface area contributed by atoms with Crippen molar-refractivity contribution in [2.24, 2.45) is 0 Å². The number of phosphoric acid groups is 1. The molecule has 0 aliphatic heterocycles. The van der Waals surface area contributed by atoms with Crippen molar-refractivity contribution in [3.8, 4) is 0 Å². The average molecular weight is 756 g/mol. The maximum Gasteiger partial charge on any atom is 0.472 e. The van der Waals surface area contributed by atoms with Crippen LogP contribution < -0.4 is 5.32 Å². The summed E-state index contributed by atoms with van der Waals surface area (Å²) >= 11 is 0. The van der Waals surface area contributed by atoms with Crippen LogP contribution in [0.2, 0.25) is 0 Å². The van der Waals surface area contributed by atoms with Gasteiger partial charge in [-0.1, -0.05) is 153 Å². The fraction of sp³-hybridized carbons (Fsp3) is 0.837. The highest BCUT2D eigenvalue weighted by Gasteiger charge is 2.27. The number of quaternary nitrogens is 1. The van der Waals surface area contributed by atoms with E-state index in [1.807, 2.05) is 27.2 Å². The quantitative estimate of drug-likeness (QED) is 0.0251. The van der Waals surface area contributed by atoms with E-state index >= 15 is 0 Å². The van der Waals surface area contributed by atoms with E-state index < -0.39 is 20.0 Å². The lowest BCUT2D eigenvalue weighted by molar-refractivity contribution is -0.870.